The molecule has 0 saturated heterocycles. The van der Waals surface area contributed by atoms with E-state index in [0.717, 1.165) is 12.1 Å². The Morgan fingerprint density at radius 1 is 1.29 bits per heavy atom. The van der Waals surface area contributed by atoms with E-state index in [1.54, 1.807) is 6.33 Å². The summed E-state index contributed by atoms with van der Waals surface area (Å²) in [5.74, 6) is 0. The zero-order chi connectivity index (χ0) is 9.97. The second-order valence-corrected chi connectivity index (χ2v) is 3.67. The summed E-state index contributed by atoms with van der Waals surface area (Å²) in [6, 6.07) is 6.54. The maximum Gasteiger partial charge on any atom is 0.0923 e. The van der Waals surface area contributed by atoms with Crippen LogP contribution in [0.5, 0.6) is 0 Å². The number of H-pyrrole nitrogens is 1. The molecule has 0 saturated carbocycles. The summed E-state index contributed by atoms with van der Waals surface area (Å²) in [6.07, 6.45) is 4.58. The van der Waals surface area contributed by atoms with E-state index in [1.165, 1.54) is 16.7 Å². The van der Waals surface area contributed by atoms with Gasteiger partial charge in [-0.2, -0.15) is 0 Å². The number of hydrogen-bond donors (Lipinski definition) is 1. The van der Waals surface area contributed by atoms with Gasteiger partial charge in [0.1, 0.15) is 0 Å². The van der Waals surface area contributed by atoms with E-state index in [2.05, 4.69) is 42.0 Å². The summed E-state index contributed by atoms with van der Waals surface area (Å²) in [6.45, 7) is 4.26. The Kier molecular flexibility index (Phi) is 2.35. The zero-order valence-electron chi connectivity index (χ0n) is 8.54. The summed E-state index contributed by atoms with van der Waals surface area (Å²) in [7, 11) is 0. The molecule has 0 aliphatic carbocycles. The van der Waals surface area contributed by atoms with Crippen LogP contribution in [-0.2, 0) is 6.42 Å². The Bertz CT molecular complexity index is 416. The quantitative estimate of drug-likeness (QED) is 0.767. The zero-order valence-corrected chi connectivity index (χ0v) is 8.54. The molecule has 0 unspecified atom stereocenters. The first-order valence-electron chi connectivity index (χ1n) is 4.79. The van der Waals surface area contributed by atoms with E-state index in [1.807, 2.05) is 6.20 Å². The lowest BCUT2D eigenvalue weighted by Gasteiger charge is -2.04. The summed E-state index contributed by atoms with van der Waals surface area (Å²) >= 11 is 0. The highest BCUT2D eigenvalue weighted by molar-refractivity contribution is 5.32. The third-order valence-corrected chi connectivity index (χ3v) is 2.42. The first-order chi connectivity index (χ1) is 6.75. The molecule has 2 heteroatoms. The van der Waals surface area contributed by atoms with Crippen molar-refractivity contribution in [3.8, 4) is 0 Å². The molecule has 1 aromatic heterocycles. The van der Waals surface area contributed by atoms with E-state index < -0.39 is 0 Å². The number of nitrogens with zero attached hydrogens (tertiary/aromatic N) is 1. The minimum Gasteiger partial charge on any atom is -0.351 e. The van der Waals surface area contributed by atoms with Crippen LogP contribution in [0.4, 0.5) is 0 Å². The van der Waals surface area contributed by atoms with Crippen molar-refractivity contribution in [3.05, 3.63) is 53.1 Å². The molecular weight excluding hydrogens is 172 g/mol. The first-order valence-corrected chi connectivity index (χ1v) is 4.79. The number of aryl methyl sites for hydroxylation is 2. The van der Waals surface area contributed by atoms with Crippen molar-refractivity contribution in [2.75, 3.05) is 0 Å². The Labute approximate surface area is 84.0 Å². The minimum atomic E-state index is 0.912. The van der Waals surface area contributed by atoms with Gasteiger partial charge in [-0.1, -0.05) is 23.8 Å². The molecule has 0 amide bonds. The molecule has 2 aromatic rings. The molecule has 0 radical (unpaired) electrons. The van der Waals surface area contributed by atoms with Gasteiger partial charge >= 0.3 is 0 Å². The van der Waals surface area contributed by atoms with E-state index in [4.69, 9.17) is 0 Å². The van der Waals surface area contributed by atoms with E-state index in [9.17, 15) is 0 Å². The molecule has 0 fully saturated rings. The highest BCUT2D eigenvalue weighted by atomic mass is 14.9. The Hall–Kier alpha value is -1.57. The maximum absolute atomic E-state index is 4.22. The van der Waals surface area contributed by atoms with Gasteiger partial charge in [-0.25, -0.2) is 4.98 Å². The second-order valence-electron chi connectivity index (χ2n) is 3.67. The van der Waals surface area contributed by atoms with Crippen LogP contribution in [0.2, 0.25) is 0 Å². The van der Waals surface area contributed by atoms with Crippen molar-refractivity contribution in [2.24, 2.45) is 0 Å². The first kappa shape index (κ1) is 9.00. The van der Waals surface area contributed by atoms with E-state index in [-0.39, 0.29) is 0 Å². The van der Waals surface area contributed by atoms with E-state index >= 15 is 0 Å². The summed E-state index contributed by atoms with van der Waals surface area (Å²) in [4.78, 5) is 7.19. The number of nitrogens with one attached hydrogen (secondary N) is 1. The van der Waals surface area contributed by atoms with Crippen molar-refractivity contribution < 1.29 is 0 Å². The largest absolute Gasteiger partial charge is 0.351 e. The Balaban J connectivity index is 2.25. The van der Waals surface area contributed by atoms with Gasteiger partial charge in [-0.3, -0.25) is 0 Å². The van der Waals surface area contributed by atoms with Gasteiger partial charge in [-0.05, 0) is 25.0 Å². The van der Waals surface area contributed by atoms with Crippen LogP contribution in [0, 0.1) is 13.8 Å². The lowest BCUT2D eigenvalue weighted by Crippen LogP contribution is -1.92. The lowest BCUT2D eigenvalue weighted by molar-refractivity contribution is 1.08. The van der Waals surface area contributed by atoms with Gasteiger partial charge in [0.2, 0.25) is 0 Å². The van der Waals surface area contributed by atoms with Crippen molar-refractivity contribution in [1.29, 1.82) is 0 Å². The van der Waals surface area contributed by atoms with Crippen molar-refractivity contribution in [2.45, 2.75) is 20.3 Å². The van der Waals surface area contributed by atoms with Gasteiger partial charge in [0.05, 0.1) is 12.0 Å². The summed E-state index contributed by atoms with van der Waals surface area (Å²) < 4.78 is 0. The molecule has 0 atom stereocenters. The Morgan fingerprint density at radius 3 is 2.79 bits per heavy atom. The van der Waals surface area contributed by atoms with Crippen LogP contribution >= 0.6 is 0 Å². The fourth-order valence-corrected chi connectivity index (χ4v) is 1.63. The smallest absolute Gasteiger partial charge is 0.0923 e. The van der Waals surface area contributed by atoms with Gasteiger partial charge in [-0.15, -0.1) is 0 Å². The van der Waals surface area contributed by atoms with Crippen molar-refractivity contribution >= 4 is 0 Å². The van der Waals surface area contributed by atoms with Crippen LogP contribution in [0.3, 0.4) is 0 Å². The van der Waals surface area contributed by atoms with Gasteiger partial charge in [0, 0.05) is 12.6 Å². The fourth-order valence-electron chi connectivity index (χ4n) is 1.63. The molecule has 1 heterocycles. The van der Waals surface area contributed by atoms with E-state index in [0.29, 0.717) is 0 Å². The molecule has 2 nitrogen and oxygen atoms in total. The average Bonchev–Trinajstić information content (AvgIpc) is 2.62. The normalized spacial score (nSPS) is 10.4. The number of aromatic nitrogens is 2. The second kappa shape index (κ2) is 3.66. The summed E-state index contributed by atoms with van der Waals surface area (Å²) in [5.41, 5.74) is 5.10. The number of imidazole rings is 1. The monoisotopic (exact) mass is 186 g/mol. The van der Waals surface area contributed by atoms with Crippen LogP contribution in [0.25, 0.3) is 0 Å². The predicted octanol–water partition coefficient (Wildman–Crippen LogP) is 2.62. The topological polar surface area (TPSA) is 28.7 Å². The standard InChI is InChI=1S/C12H14N2/c1-9-3-4-11(10(2)5-9)6-12-7-13-8-14-12/h3-5,7-8H,6H2,1-2H3,(H,13,14). The third kappa shape index (κ3) is 1.84. The number of benzene rings is 1. The van der Waals surface area contributed by atoms with Gasteiger partial charge < -0.3 is 4.98 Å². The van der Waals surface area contributed by atoms with Gasteiger partial charge in [0.25, 0.3) is 0 Å². The van der Waals surface area contributed by atoms with Gasteiger partial charge in [0.15, 0.2) is 0 Å². The lowest BCUT2D eigenvalue weighted by atomic mass is 10.0. The molecule has 2 rings (SSSR count). The molecule has 0 bridgehead atoms. The van der Waals surface area contributed by atoms with Crippen LogP contribution in [-0.4, -0.2) is 9.97 Å². The maximum atomic E-state index is 4.22. The Morgan fingerprint density at radius 2 is 2.14 bits per heavy atom. The van der Waals surface area contributed by atoms with Crippen LogP contribution in [0.15, 0.2) is 30.7 Å². The number of hydrogen-bond acceptors (Lipinski definition) is 1. The molecule has 1 N–H and O–H groups in total. The van der Waals surface area contributed by atoms with Crippen LogP contribution < -0.4 is 0 Å². The molecule has 0 spiro atoms. The molecular formula is C12H14N2. The van der Waals surface area contributed by atoms with Crippen molar-refractivity contribution in [1.82, 2.24) is 9.97 Å². The number of aromatic amines is 1. The van der Waals surface area contributed by atoms with Crippen molar-refractivity contribution in [3.63, 3.8) is 0 Å². The SMILES string of the molecule is Cc1ccc(Cc2c[nH]cn2)c(C)c1. The highest BCUT2D eigenvalue weighted by Crippen LogP contribution is 2.13. The molecule has 72 valence electrons. The molecule has 14 heavy (non-hydrogen) atoms. The third-order valence-electron chi connectivity index (χ3n) is 2.42. The average molecular weight is 186 g/mol. The molecule has 0 aliphatic rings. The minimum absolute atomic E-state index is 0.912. The molecule has 1 aromatic carbocycles. The molecule has 0 aliphatic heterocycles. The summed E-state index contributed by atoms with van der Waals surface area (Å²) in [5, 5.41) is 0. The highest BCUT2D eigenvalue weighted by Gasteiger charge is 2.01. The fraction of sp³-hybridized carbons (Fsp3) is 0.250. The predicted molar refractivity (Wildman–Crippen MR) is 57.3 cm³/mol. The van der Waals surface area contributed by atoms with Crippen LogP contribution in [0.1, 0.15) is 22.4 Å². The number of rotatable bonds is 2.